The minimum atomic E-state index is -3.59. The number of sulfonamides is 1. The van der Waals surface area contributed by atoms with Gasteiger partial charge in [0.2, 0.25) is 10.0 Å². The Morgan fingerprint density at radius 1 is 1.56 bits per heavy atom. The SMILES string of the molecule is CNCc1cc(S(=O)(=O)NCC(C)OC)c(Br)o1. The smallest absolute Gasteiger partial charge is 0.245 e. The normalized spacial score (nSPS) is 13.8. The summed E-state index contributed by atoms with van der Waals surface area (Å²) in [6.07, 6.45) is -0.192. The molecule has 0 bridgehead atoms. The quantitative estimate of drug-likeness (QED) is 0.776. The van der Waals surface area contributed by atoms with Crippen molar-refractivity contribution in [3.63, 3.8) is 0 Å². The van der Waals surface area contributed by atoms with Crippen LogP contribution < -0.4 is 10.0 Å². The van der Waals surface area contributed by atoms with E-state index in [1.54, 1.807) is 14.0 Å². The molecule has 0 saturated heterocycles. The third-order valence-corrected chi connectivity index (χ3v) is 4.59. The maximum atomic E-state index is 12.0. The molecule has 0 aliphatic heterocycles. The van der Waals surface area contributed by atoms with Crippen molar-refractivity contribution in [3.8, 4) is 0 Å². The van der Waals surface area contributed by atoms with Gasteiger partial charge >= 0.3 is 0 Å². The Labute approximate surface area is 115 Å². The van der Waals surface area contributed by atoms with Crippen LogP contribution in [0.5, 0.6) is 0 Å². The number of halogens is 1. The van der Waals surface area contributed by atoms with Gasteiger partial charge in [0.1, 0.15) is 10.7 Å². The molecule has 0 aliphatic rings. The van der Waals surface area contributed by atoms with Gasteiger partial charge in [-0.05, 0) is 29.9 Å². The molecule has 0 aromatic carbocycles. The lowest BCUT2D eigenvalue weighted by Crippen LogP contribution is -2.31. The largest absolute Gasteiger partial charge is 0.452 e. The van der Waals surface area contributed by atoms with E-state index in [0.717, 1.165) is 0 Å². The first-order valence-corrected chi connectivity index (χ1v) is 7.63. The van der Waals surface area contributed by atoms with Gasteiger partial charge in [-0.1, -0.05) is 0 Å². The molecule has 0 spiro atoms. The summed E-state index contributed by atoms with van der Waals surface area (Å²) in [7, 11) is -0.313. The van der Waals surface area contributed by atoms with Crippen molar-refractivity contribution in [2.24, 2.45) is 0 Å². The molecule has 8 heteroatoms. The molecule has 1 aromatic heterocycles. The van der Waals surface area contributed by atoms with Crippen molar-refractivity contribution in [2.75, 3.05) is 20.7 Å². The van der Waals surface area contributed by atoms with Crippen LogP contribution >= 0.6 is 15.9 Å². The first kappa shape index (κ1) is 15.6. The highest BCUT2D eigenvalue weighted by Crippen LogP contribution is 2.25. The van der Waals surface area contributed by atoms with Crippen molar-refractivity contribution < 1.29 is 17.6 Å². The third-order valence-electron chi connectivity index (χ3n) is 2.31. The van der Waals surface area contributed by atoms with Gasteiger partial charge in [-0.3, -0.25) is 0 Å². The molecular formula is C10H17BrN2O4S. The maximum absolute atomic E-state index is 12.0. The molecule has 0 saturated carbocycles. The lowest BCUT2D eigenvalue weighted by atomic mass is 10.4. The standard InChI is InChI=1S/C10H17BrN2O4S/c1-7(16-3)5-13-18(14,15)9-4-8(6-12-2)17-10(9)11/h4,7,12-13H,5-6H2,1-3H3. The highest BCUT2D eigenvalue weighted by molar-refractivity contribution is 9.10. The Morgan fingerprint density at radius 2 is 2.22 bits per heavy atom. The zero-order valence-electron chi connectivity index (χ0n) is 10.5. The minimum Gasteiger partial charge on any atom is -0.452 e. The lowest BCUT2D eigenvalue weighted by Gasteiger charge is -2.10. The number of methoxy groups -OCH3 is 1. The topological polar surface area (TPSA) is 80.6 Å². The van der Waals surface area contributed by atoms with Gasteiger partial charge in [-0.25, -0.2) is 13.1 Å². The predicted molar refractivity (Wildman–Crippen MR) is 70.8 cm³/mol. The van der Waals surface area contributed by atoms with Gasteiger partial charge in [0.05, 0.1) is 12.6 Å². The van der Waals surface area contributed by atoms with Crippen molar-refractivity contribution in [3.05, 3.63) is 16.5 Å². The molecule has 0 amide bonds. The Morgan fingerprint density at radius 3 is 2.78 bits per heavy atom. The van der Waals surface area contributed by atoms with Crippen LogP contribution in [-0.4, -0.2) is 35.2 Å². The Bertz CT molecular complexity index is 486. The first-order chi connectivity index (χ1) is 8.40. The molecule has 18 heavy (non-hydrogen) atoms. The summed E-state index contributed by atoms with van der Waals surface area (Å²) in [6, 6.07) is 1.49. The van der Waals surface area contributed by atoms with Crippen molar-refractivity contribution >= 4 is 26.0 Å². The van der Waals surface area contributed by atoms with Crippen molar-refractivity contribution in [1.29, 1.82) is 0 Å². The fourth-order valence-corrected chi connectivity index (χ4v) is 3.34. The number of rotatable bonds is 7. The fourth-order valence-electron chi connectivity index (χ4n) is 1.23. The number of nitrogens with one attached hydrogen (secondary N) is 2. The number of furan rings is 1. The number of hydrogen-bond acceptors (Lipinski definition) is 5. The summed E-state index contributed by atoms with van der Waals surface area (Å²) in [4.78, 5) is 0.0936. The number of ether oxygens (including phenoxy) is 1. The van der Waals surface area contributed by atoms with E-state index in [1.807, 2.05) is 0 Å². The van der Waals surface area contributed by atoms with Crippen LogP contribution in [0, 0.1) is 0 Å². The Kier molecular flexibility index (Phi) is 5.80. The molecule has 1 atom stereocenters. The van der Waals surface area contributed by atoms with E-state index in [9.17, 15) is 8.42 Å². The Balaban J connectivity index is 2.84. The summed E-state index contributed by atoms with van der Waals surface area (Å²) in [6.45, 7) is 2.44. The van der Waals surface area contributed by atoms with Gasteiger partial charge in [-0.2, -0.15) is 0 Å². The van der Waals surface area contributed by atoms with Crippen molar-refractivity contribution in [2.45, 2.75) is 24.5 Å². The molecule has 0 aliphatic carbocycles. The van der Waals surface area contributed by atoms with Crippen molar-refractivity contribution in [1.82, 2.24) is 10.0 Å². The summed E-state index contributed by atoms with van der Waals surface area (Å²) in [5.41, 5.74) is 0. The summed E-state index contributed by atoms with van der Waals surface area (Å²) >= 11 is 3.10. The number of hydrogen-bond donors (Lipinski definition) is 2. The van der Waals surface area contributed by atoms with Crippen LogP contribution in [0.3, 0.4) is 0 Å². The van der Waals surface area contributed by atoms with E-state index in [1.165, 1.54) is 13.2 Å². The molecule has 0 fully saturated rings. The lowest BCUT2D eigenvalue weighted by molar-refractivity contribution is 0.122. The zero-order chi connectivity index (χ0) is 13.8. The molecule has 1 heterocycles. The van der Waals surface area contributed by atoms with Gasteiger partial charge < -0.3 is 14.5 Å². The second kappa shape index (κ2) is 6.67. The van der Waals surface area contributed by atoms with E-state index < -0.39 is 10.0 Å². The van der Waals surface area contributed by atoms with Crippen LogP contribution in [0.2, 0.25) is 0 Å². The van der Waals surface area contributed by atoms with Crippen LogP contribution in [0.1, 0.15) is 12.7 Å². The molecule has 1 aromatic rings. The predicted octanol–water partition coefficient (Wildman–Crippen LogP) is 1.07. The van der Waals surface area contributed by atoms with E-state index in [2.05, 4.69) is 26.0 Å². The molecule has 104 valence electrons. The minimum absolute atomic E-state index is 0.0936. The summed E-state index contributed by atoms with van der Waals surface area (Å²) in [5, 5.41) is 2.89. The second-order valence-corrected chi connectivity index (χ2v) is 6.23. The van der Waals surface area contributed by atoms with E-state index >= 15 is 0 Å². The molecule has 2 N–H and O–H groups in total. The molecule has 1 rings (SSSR count). The van der Waals surface area contributed by atoms with Gasteiger partial charge in [0.15, 0.2) is 4.67 Å². The van der Waals surface area contributed by atoms with E-state index in [0.29, 0.717) is 12.3 Å². The zero-order valence-corrected chi connectivity index (χ0v) is 12.9. The maximum Gasteiger partial charge on any atom is 0.245 e. The third kappa shape index (κ3) is 4.06. The molecule has 0 radical (unpaired) electrons. The van der Waals surface area contributed by atoms with Gasteiger partial charge in [0.25, 0.3) is 0 Å². The van der Waals surface area contributed by atoms with Gasteiger partial charge in [0, 0.05) is 19.7 Å². The average Bonchev–Trinajstić information content (AvgIpc) is 2.68. The van der Waals surface area contributed by atoms with Crippen LogP contribution in [0.4, 0.5) is 0 Å². The average molecular weight is 341 g/mol. The summed E-state index contributed by atoms with van der Waals surface area (Å²) in [5.74, 6) is 0.546. The monoisotopic (exact) mass is 340 g/mol. The molecule has 6 nitrogen and oxygen atoms in total. The van der Waals surface area contributed by atoms with Crippen LogP contribution in [0.25, 0.3) is 0 Å². The highest BCUT2D eigenvalue weighted by Gasteiger charge is 2.22. The molecule has 1 unspecified atom stereocenters. The Hall–Kier alpha value is -0.410. The summed E-state index contributed by atoms with van der Waals surface area (Å²) < 4.78 is 36.9. The van der Waals surface area contributed by atoms with Crippen LogP contribution in [0.15, 0.2) is 20.0 Å². The highest BCUT2D eigenvalue weighted by atomic mass is 79.9. The van der Waals surface area contributed by atoms with Crippen LogP contribution in [-0.2, 0) is 21.3 Å². The second-order valence-electron chi connectivity index (χ2n) is 3.78. The fraction of sp³-hybridized carbons (Fsp3) is 0.600. The van der Waals surface area contributed by atoms with Gasteiger partial charge in [-0.15, -0.1) is 0 Å². The first-order valence-electron chi connectivity index (χ1n) is 5.36. The molecular weight excluding hydrogens is 324 g/mol. The van der Waals surface area contributed by atoms with E-state index in [4.69, 9.17) is 9.15 Å². The van der Waals surface area contributed by atoms with E-state index in [-0.39, 0.29) is 22.2 Å².